The number of benzene rings is 3. The second kappa shape index (κ2) is 10.9. The second-order valence-electron chi connectivity index (χ2n) is 8.36. The summed E-state index contributed by atoms with van der Waals surface area (Å²) in [5, 5.41) is 22.8. The molecule has 1 N–H and O–H groups in total. The summed E-state index contributed by atoms with van der Waals surface area (Å²) < 4.78 is 7.31. The van der Waals surface area contributed by atoms with Crippen LogP contribution >= 0.6 is 11.3 Å². The SMILES string of the molecule is COc1ccc(Cc2nnc(NC(=O)/C(C#N)=C/c3cn(Cc4ccccc4)c4ccccc34)s2)cc1. The summed E-state index contributed by atoms with van der Waals surface area (Å²) in [6, 6.07) is 27.8. The van der Waals surface area contributed by atoms with Gasteiger partial charge in [-0.3, -0.25) is 10.1 Å². The third-order valence-corrected chi connectivity index (χ3v) is 6.72. The van der Waals surface area contributed by atoms with Crippen LogP contribution in [0.4, 0.5) is 5.13 Å². The van der Waals surface area contributed by atoms with Gasteiger partial charge >= 0.3 is 0 Å². The van der Waals surface area contributed by atoms with E-state index in [9.17, 15) is 10.1 Å². The molecule has 0 unspecified atom stereocenters. The Morgan fingerprint density at radius 3 is 2.54 bits per heavy atom. The van der Waals surface area contributed by atoms with E-state index in [1.54, 1.807) is 13.2 Å². The van der Waals surface area contributed by atoms with Gasteiger partial charge in [0.15, 0.2) is 0 Å². The van der Waals surface area contributed by atoms with Crippen LogP contribution < -0.4 is 10.1 Å². The lowest BCUT2D eigenvalue weighted by atomic mass is 10.1. The van der Waals surface area contributed by atoms with Crippen molar-refractivity contribution in [2.24, 2.45) is 0 Å². The molecule has 0 saturated carbocycles. The zero-order valence-corrected chi connectivity index (χ0v) is 20.9. The minimum atomic E-state index is -0.519. The fourth-order valence-electron chi connectivity index (χ4n) is 4.06. The quantitative estimate of drug-likeness (QED) is 0.216. The number of nitriles is 1. The normalized spacial score (nSPS) is 11.3. The van der Waals surface area contributed by atoms with Gasteiger partial charge in [0.25, 0.3) is 5.91 Å². The Balaban J connectivity index is 1.34. The minimum Gasteiger partial charge on any atom is -0.497 e. The molecule has 3 aromatic carbocycles. The summed E-state index contributed by atoms with van der Waals surface area (Å²) in [6.45, 7) is 0.686. The van der Waals surface area contributed by atoms with Gasteiger partial charge in [-0.2, -0.15) is 5.26 Å². The first-order chi connectivity index (χ1) is 18.1. The van der Waals surface area contributed by atoms with Crippen LogP contribution in [0.15, 0.2) is 90.6 Å². The number of hydrogen-bond acceptors (Lipinski definition) is 6. The zero-order chi connectivity index (χ0) is 25.6. The van der Waals surface area contributed by atoms with Gasteiger partial charge < -0.3 is 9.30 Å². The second-order valence-corrected chi connectivity index (χ2v) is 9.43. The molecule has 0 spiro atoms. The first-order valence-electron chi connectivity index (χ1n) is 11.6. The molecular weight excluding hydrogens is 482 g/mol. The van der Waals surface area contributed by atoms with E-state index in [1.807, 2.05) is 79.0 Å². The molecule has 0 aliphatic rings. The van der Waals surface area contributed by atoms with Crippen molar-refractivity contribution >= 4 is 39.4 Å². The Morgan fingerprint density at radius 2 is 1.78 bits per heavy atom. The standard InChI is InChI=1S/C29H23N5O2S/c1-36-24-13-11-20(12-14-24)15-27-32-33-29(37-27)31-28(35)22(17-30)16-23-19-34(18-21-7-3-2-4-8-21)26-10-6-5-9-25(23)26/h2-14,16,19H,15,18H2,1H3,(H,31,33,35)/b22-16+. The van der Waals surface area contributed by atoms with Crippen molar-refractivity contribution in [3.63, 3.8) is 0 Å². The van der Waals surface area contributed by atoms with Crippen LogP contribution in [0.2, 0.25) is 0 Å². The van der Waals surface area contributed by atoms with E-state index in [0.29, 0.717) is 18.1 Å². The molecule has 0 aliphatic carbocycles. The van der Waals surface area contributed by atoms with Gasteiger partial charge in [0.1, 0.15) is 22.4 Å². The molecule has 2 heterocycles. The number of aromatic nitrogens is 3. The molecule has 0 aliphatic heterocycles. The van der Waals surface area contributed by atoms with E-state index in [2.05, 4.69) is 32.2 Å². The maximum Gasteiger partial charge on any atom is 0.268 e. The topological polar surface area (TPSA) is 92.8 Å². The maximum absolute atomic E-state index is 12.9. The fourth-order valence-corrected chi connectivity index (χ4v) is 4.83. The highest BCUT2D eigenvalue weighted by Crippen LogP contribution is 2.25. The molecule has 1 amide bonds. The largest absolute Gasteiger partial charge is 0.497 e. The van der Waals surface area contributed by atoms with E-state index in [1.165, 1.54) is 16.9 Å². The Kier molecular flexibility index (Phi) is 7.06. The number of para-hydroxylation sites is 1. The minimum absolute atomic E-state index is 0.00508. The molecule has 182 valence electrons. The molecule has 37 heavy (non-hydrogen) atoms. The van der Waals surface area contributed by atoms with Crippen molar-refractivity contribution < 1.29 is 9.53 Å². The number of fused-ring (bicyclic) bond motifs is 1. The molecule has 7 nitrogen and oxygen atoms in total. The molecule has 5 aromatic rings. The smallest absolute Gasteiger partial charge is 0.268 e. The first-order valence-corrected chi connectivity index (χ1v) is 12.4. The number of nitrogens with zero attached hydrogens (tertiary/aromatic N) is 4. The number of nitrogens with one attached hydrogen (secondary N) is 1. The number of amides is 1. The number of methoxy groups -OCH3 is 1. The van der Waals surface area contributed by atoms with Crippen molar-refractivity contribution in [2.75, 3.05) is 12.4 Å². The number of ether oxygens (including phenoxy) is 1. The lowest BCUT2D eigenvalue weighted by molar-refractivity contribution is -0.112. The highest BCUT2D eigenvalue weighted by atomic mass is 32.1. The summed E-state index contributed by atoms with van der Waals surface area (Å²) in [7, 11) is 1.63. The fraction of sp³-hybridized carbons (Fsp3) is 0.103. The molecule has 0 fully saturated rings. The lowest BCUT2D eigenvalue weighted by Crippen LogP contribution is -2.13. The Labute approximate surface area is 218 Å². The summed E-state index contributed by atoms with van der Waals surface area (Å²) in [4.78, 5) is 12.9. The predicted octanol–water partition coefficient (Wildman–Crippen LogP) is 5.69. The van der Waals surface area contributed by atoms with Crippen LogP contribution in [0.3, 0.4) is 0 Å². The average molecular weight is 506 g/mol. The first kappa shape index (κ1) is 24.0. The Bertz CT molecular complexity index is 1610. The predicted molar refractivity (Wildman–Crippen MR) is 145 cm³/mol. The highest BCUT2D eigenvalue weighted by Gasteiger charge is 2.15. The molecule has 2 aromatic heterocycles. The molecule has 0 radical (unpaired) electrons. The van der Waals surface area contributed by atoms with Gasteiger partial charge in [0, 0.05) is 35.6 Å². The van der Waals surface area contributed by atoms with Gasteiger partial charge in [-0.05, 0) is 35.4 Å². The number of hydrogen-bond donors (Lipinski definition) is 1. The summed E-state index contributed by atoms with van der Waals surface area (Å²) in [6.07, 6.45) is 4.18. The number of carbonyl (C=O) groups excluding carboxylic acids is 1. The summed E-state index contributed by atoms with van der Waals surface area (Å²) in [5.41, 5.74) is 4.05. The molecule has 0 atom stereocenters. The van der Waals surface area contributed by atoms with Gasteiger partial charge in [-0.15, -0.1) is 10.2 Å². The zero-order valence-electron chi connectivity index (χ0n) is 20.1. The summed E-state index contributed by atoms with van der Waals surface area (Å²) in [5.74, 6) is 0.266. The third-order valence-electron chi connectivity index (χ3n) is 5.88. The Morgan fingerprint density at radius 1 is 1.03 bits per heavy atom. The molecular formula is C29H23N5O2S. The van der Waals surface area contributed by atoms with Crippen molar-refractivity contribution in [2.45, 2.75) is 13.0 Å². The van der Waals surface area contributed by atoms with Gasteiger partial charge in [-0.25, -0.2) is 0 Å². The van der Waals surface area contributed by atoms with Crippen LogP contribution in [0, 0.1) is 11.3 Å². The van der Waals surface area contributed by atoms with Gasteiger partial charge in [0.05, 0.1) is 7.11 Å². The maximum atomic E-state index is 12.9. The van der Waals surface area contributed by atoms with Crippen molar-refractivity contribution in [1.82, 2.24) is 14.8 Å². The Hall–Kier alpha value is -4.74. The van der Waals surface area contributed by atoms with Crippen molar-refractivity contribution in [3.8, 4) is 11.8 Å². The third kappa shape index (κ3) is 5.58. The molecule has 8 heteroatoms. The highest BCUT2D eigenvalue weighted by molar-refractivity contribution is 7.15. The molecule has 0 saturated heterocycles. The van der Waals surface area contributed by atoms with E-state index in [-0.39, 0.29) is 5.57 Å². The van der Waals surface area contributed by atoms with E-state index in [4.69, 9.17) is 4.74 Å². The van der Waals surface area contributed by atoms with Crippen molar-refractivity contribution in [1.29, 1.82) is 5.26 Å². The molecule has 5 rings (SSSR count). The van der Waals surface area contributed by atoms with Crippen LogP contribution in [0.5, 0.6) is 5.75 Å². The average Bonchev–Trinajstić information content (AvgIpc) is 3.52. The number of anilines is 1. The van der Waals surface area contributed by atoms with Gasteiger partial charge in [0.2, 0.25) is 5.13 Å². The van der Waals surface area contributed by atoms with Crippen LogP contribution in [-0.2, 0) is 17.8 Å². The molecule has 0 bridgehead atoms. The van der Waals surface area contributed by atoms with Crippen LogP contribution in [-0.4, -0.2) is 27.8 Å². The van der Waals surface area contributed by atoms with Gasteiger partial charge in [-0.1, -0.05) is 72.0 Å². The van der Waals surface area contributed by atoms with E-state index >= 15 is 0 Å². The van der Waals surface area contributed by atoms with E-state index in [0.717, 1.165) is 32.8 Å². The number of rotatable bonds is 8. The monoisotopic (exact) mass is 505 g/mol. The van der Waals surface area contributed by atoms with Crippen LogP contribution in [0.1, 0.15) is 21.7 Å². The van der Waals surface area contributed by atoms with Crippen molar-refractivity contribution in [3.05, 3.63) is 112 Å². The number of carbonyl (C=O) groups is 1. The van der Waals surface area contributed by atoms with Crippen LogP contribution in [0.25, 0.3) is 17.0 Å². The summed E-state index contributed by atoms with van der Waals surface area (Å²) >= 11 is 1.28. The lowest BCUT2D eigenvalue weighted by Gasteiger charge is -2.05. The van der Waals surface area contributed by atoms with E-state index < -0.39 is 5.91 Å².